The number of rotatable bonds is 3. The van der Waals surface area contributed by atoms with Crippen LogP contribution in [0.25, 0.3) is 11.3 Å². The van der Waals surface area contributed by atoms with Crippen molar-refractivity contribution in [2.45, 2.75) is 6.54 Å². The third kappa shape index (κ3) is 2.26. The Morgan fingerprint density at radius 3 is 2.71 bits per heavy atom. The molecule has 0 saturated heterocycles. The SMILES string of the molecule is c1ccc(-c2cn(Cc3cccs3)nn2)cc1. The molecule has 0 fully saturated rings. The van der Waals surface area contributed by atoms with Gasteiger partial charge in [-0.2, -0.15) is 0 Å². The Hall–Kier alpha value is -1.94. The zero-order valence-corrected chi connectivity index (χ0v) is 9.97. The third-order valence-corrected chi connectivity index (χ3v) is 3.37. The van der Waals surface area contributed by atoms with Crippen molar-refractivity contribution in [1.82, 2.24) is 15.0 Å². The van der Waals surface area contributed by atoms with Gasteiger partial charge in [-0.3, -0.25) is 0 Å². The molecular formula is C13H11N3S. The Kier molecular flexibility index (Phi) is 2.71. The molecule has 0 N–H and O–H groups in total. The maximum Gasteiger partial charge on any atom is 0.113 e. The molecule has 0 bridgehead atoms. The van der Waals surface area contributed by atoms with E-state index >= 15 is 0 Å². The van der Waals surface area contributed by atoms with Crippen molar-refractivity contribution in [3.8, 4) is 11.3 Å². The minimum atomic E-state index is 0.789. The second-order valence-corrected chi connectivity index (χ2v) is 4.78. The van der Waals surface area contributed by atoms with E-state index in [2.05, 4.69) is 27.8 Å². The van der Waals surface area contributed by atoms with E-state index in [1.165, 1.54) is 4.88 Å². The van der Waals surface area contributed by atoms with Crippen LogP contribution in [0.5, 0.6) is 0 Å². The Bertz CT molecular complexity index is 584. The van der Waals surface area contributed by atoms with Gasteiger partial charge in [0.15, 0.2) is 0 Å². The first-order chi connectivity index (χ1) is 8.42. The summed E-state index contributed by atoms with van der Waals surface area (Å²) in [6, 6.07) is 14.3. The van der Waals surface area contributed by atoms with Crippen LogP contribution in [0.15, 0.2) is 54.0 Å². The van der Waals surface area contributed by atoms with E-state index in [0.29, 0.717) is 0 Å². The first kappa shape index (κ1) is 10.2. The molecule has 17 heavy (non-hydrogen) atoms. The van der Waals surface area contributed by atoms with Crippen molar-refractivity contribution in [1.29, 1.82) is 0 Å². The molecule has 0 atom stereocenters. The molecule has 0 spiro atoms. The fraction of sp³-hybridized carbons (Fsp3) is 0.0769. The molecule has 0 aliphatic carbocycles. The van der Waals surface area contributed by atoms with Crippen LogP contribution < -0.4 is 0 Å². The van der Waals surface area contributed by atoms with Crippen molar-refractivity contribution >= 4 is 11.3 Å². The standard InChI is InChI=1S/C13H11N3S/c1-2-5-11(6-3-1)13-10-16(15-14-13)9-12-7-4-8-17-12/h1-8,10H,9H2. The largest absolute Gasteiger partial charge is 0.247 e. The van der Waals surface area contributed by atoms with Crippen LogP contribution in [0.3, 0.4) is 0 Å². The Morgan fingerprint density at radius 2 is 1.94 bits per heavy atom. The summed E-state index contributed by atoms with van der Waals surface area (Å²) in [6.45, 7) is 0.789. The lowest BCUT2D eigenvalue weighted by Crippen LogP contribution is -1.97. The van der Waals surface area contributed by atoms with Crippen LogP contribution in [0.2, 0.25) is 0 Å². The highest BCUT2D eigenvalue weighted by atomic mass is 32.1. The van der Waals surface area contributed by atoms with E-state index in [4.69, 9.17) is 0 Å². The number of hydrogen-bond acceptors (Lipinski definition) is 3. The summed E-state index contributed by atoms with van der Waals surface area (Å²) in [5, 5.41) is 10.4. The normalized spacial score (nSPS) is 10.6. The van der Waals surface area contributed by atoms with Gasteiger partial charge in [0.2, 0.25) is 0 Å². The van der Waals surface area contributed by atoms with Crippen LogP contribution in [-0.2, 0) is 6.54 Å². The number of hydrogen-bond donors (Lipinski definition) is 0. The van der Waals surface area contributed by atoms with E-state index in [1.54, 1.807) is 11.3 Å². The van der Waals surface area contributed by atoms with Gasteiger partial charge in [-0.05, 0) is 11.4 Å². The first-order valence-electron chi connectivity index (χ1n) is 5.40. The molecule has 1 aromatic carbocycles. The van der Waals surface area contributed by atoms with Gasteiger partial charge in [-0.15, -0.1) is 16.4 Å². The Labute approximate surface area is 103 Å². The van der Waals surface area contributed by atoms with Crippen LogP contribution in [0.4, 0.5) is 0 Å². The molecule has 4 heteroatoms. The molecule has 3 rings (SSSR count). The summed E-state index contributed by atoms with van der Waals surface area (Å²) >= 11 is 1.73. The monoisotopic (exact) mass is 241 g/mol. The van der Waals surface area contributed by atoms with Gasteiger partial charge < -0.3 is 0 Å². The number of benzene rings is 1. The van der Waals surface area contributed by atoms with Gasteiger partial charge in [-0.1, -0.05) is 41.6 Å². The average molecular weight is 241 g/mol. The highest BCUT2D eigenvalue weighted by molar-refractivity contribution is 7.09. The Morgan fingerprint density at radius 1 is 1.06 bits per heavy atom. The number of aromatic nitrogens is 3. The maximum atomic E-state index is 4.18. The summed E-state index contributed by atoms with van der Waals surface area (Å²) in [6.07, 6.45) is 1.98. The molecule has 2 aromatic heterocycles. The van der Waals surface area contributed by atoms with Crippen molar-refractivity contribution < 1.29 is 0 Å². The number of nitrogens with zero attached hydrogens (tertiary/aromatic N) is 3. The van der Waals surface area contributed by atoms with Gasteiger partial charge in [0.25, 0.3) is 0 Å². The molecule has 0 aliphatic heterocycles. The molecule has 0 radical (unpaired) electrons. The lowest BCUT2D eigenvalue weighted by atomic mass is 10.2. The van der Waals surface area contributed by atoms with E-state index < -0.39 is 0 Å². The quantitative estimate of drug-likeness (QED) is 0.705. The smallest absolute Gasteiger partial charge is 0.113 e. The molecule has 3 nitrogen and oxygen atoms in total. The van der Waals surface area contributed by atoms with Crippen LogP contribution >= 0.6 is 11.3 Å². The van der Waals surface area contributed by atoms with E-state index in [0.717, 1.165) is 17.8 Å². The van der Waals surface area contributed by atoms with E-state index in [-0.39, 0.29) is 0 Å². The van der Waals surface area contributed by atoms with Crippen molar-refractivity contribution in [3.05, 3.63) is 58.9 Å². The molecule has 0 unspecified atom stereocenters. The molecule has 2 heterocycles. The zero-order chi connectivity index (χ0) is 11.5. The minimum Gasteiger partial charge on any atom is -0.247 e. The molecule has 3 aromatic rings. The van der Waals surface area contributed by atoms with E-state index in [9.17, 15) is 0 Å². The maximum absolute atomic E-state index is 4.18. The summed E-state index contributed by atoms with van der Waals surface area (Å²) in [5.41, 5.74) is 2.02. The predicted molar refractivity (Wildman–Crippen MR) is 68.9 cm³/mol. The molecule has 0 amide bonds. The lowest BCUT2D eigenvalue weighted by Gasteiger charge is -1.95. The predicted octanol–water partition coefficient (Wildman–Crippen LogP) is 3.05. The highest BCUT2D eigenvalue weighted by Crippen LogP contribution is 2.16. The average Bonchev–Trinajstić information content (AvgIpc) is 3.02. The van der Waals surface area contributed by atoms with Gasteiger partial charge in [0, 0.05) is 10.4 Å². The van der Waals surface area contributed by atoms with Gasteiger partial charge in [0.1, 0.15) is 5.69 Å². The second kappa shape index (κ2) is 4.51. The fourth-order valence-corrected chi connectivity index (χ4v) is 2.37. The van der Waals surface area contributed by atoms with Crippen LogP contribution in [-0.4, -0.2) is 15.0 Å². The van der Waals surface area contributed by atoms with Crippen molar-refractivity contribution in [2.24, 2.45) is 0 Å². The number of thiophene rings is 1. The highest BCUT2D eigenvalue weighted by Gasteiger charge is 2.03. The van der Waals surface area contributed by atoms with Crippen molar-refractivity contribution in [3.63, 3.8) is 0 Å². The van der Waals surface area contributed by atoms with Gasteiger partial charge in [0.05, 0.1) is 12.7 Å². The molecular weight excluding hydrogens is 230 g/mol. The summed E-state index contributed by atoms with van der Waals surface area (Å²) in [7, 11) is 0. The Balaban J connectivity index is 1.84. The molecule has 84 valence electrons. The summed E-state index contributed by atoms with van der Waals surface area (Å²) in [4.78, 5) is 1.29. The van der Waals surface area contributed by atoms with Gasteiger partial charge in [-0.25, -0.2) is 4.68 Å². The summed E-state index contributed by atoms with van der Waals surface area (Å²) in [5.74, 6) is 0. The minimum absolute atomic E-state index is 0.789. The van der Waals surface area contributed by atoms with E-state index in [1.807, 2.05) is 41.2 Å². The van der Waals surface area contributed by atoms with Crippen LogP contribution in [0, 0.1) is 0 Å². The lowest BCUT2D eigenvalue weighted by molar-refractivity contribution is 0.656. The zero-order valence-electron chi connectivity index (χ0n) is 9.15. The second-order valence-electron chi connectivity index (χ2n) is 3.75. The summed E-state index contributed by atoms with van der Waals surface area (Å²) < 4.78 is 1.87. The van der Waals surface area contributed by atoms with Crippen molar-refractivity contribution in [2.75, 3.05) is 0 Å². The third-order valence-electron chi connectivity index (χ3n) is 2.51. The fourth-order valence-electron chi connectivity index (χ4n) is 1.68. The first-order valence-corrected chi connectivity index (χ1v) is 6.28. The molecule has 0 aliphatic rings. The van der Waals surface area contributed by atoms with Gasteiger partial charge >= 0.3 is 0 Å². The van der Waals surface area contributed by atoms with Crippen LogP contribution in [0.1, 0.15) is 4.88 Å². The topological polar surface area (TPSA) is 30.7 Å². The molecule has 0 saturated carbocycles.